The van der Waals surface area contributed by atoms with Gasteiger partial charge in [0.15, 0.2) is 0 Å². The maximum Gasteiger partial charge on any atom is 0.0224 e. The highest BCUT2D eigenvalue weighted by molar-refractivity contribution is 5.08. The maximum atomic E-state index is 6.08. The van der Waals surface area contributed by atoms with Gasteiger partial charge in [-0.25, -0.2) is 0 Å². The van der Waals surface area contributed by atoms with E-state index in [1.54, 1.807) is 0 Å². The van der Waals surface area contributed by atoms with Crippen molar-refractivity contribution < 1.29 is 0 Å². The molecule has 0 amide bonds. The lowest BCUT2D eigenvalue weighted by molar-refractivity contribution is 0.0237. The van der Waals surface area contributed by atoms with Crippen LogP contribution in [0.3, 0.4) is 0 Å². The van der Waals surface area contributed by atoms with Crippen LogP contribution in [0, 0.1) is 29.6 Å². The quantitative estimate of drug-likeness (QED) is 0.114. The van der Waals surface area contributed by atoms with Crippen LogP contribution in [0.1, 0.15) is 131 Å². The second-order valence-corrected chi connectivity index (χ2v) is 11.5. The second-order valence-electron chi connectivity index (χ2n) is 11.5. The molecule has 0 bridgehead atoms. The van der Waals surface area contributed by atoms with Gasteiger partial charge in [0.2, 0.25) is 0 Å². The summed E-state index contributed by atoms with van der Waals surface area (Å²) in [6, 6.07) is 0.203. The summed E-state index contributed by atoms with van der Waals surface area (Å²) in [5.41, 5.74) is 12.2. The lowest BCUT2D eigenvalue weighted by Crippen LogP contribution is -2.39. The summed E-state index contributed by atoms with van der Waals surface area (Å²) in [5.74, 6) is 4.51. The maximum absolute atomic E-state index is 6.08. The van der Waals surface area contributed by atoms with Crippen LogP contribution < -0.4 is 5.73 Å². The fourth-order valence-electron chi connectivity index (χ4n) is 6.10. The molecule has 0 spiro atoms. The van der Waals surface area contributed by atoms with Crippen LogP contribution in [0.2, 0.25) is 0 Å². The van der Waals surface area contributed by atoms with E-state index in [-0.39, 0.29) is 6.04 Å². The van der Waals surface area contributed by atoms with Crippen molar-refractivity contribution in [3.05, 3.63) is 41.7 Å². The highest BCUT2D eigenvalue weighted by atomic mass is 14.6. The molecular weight excluding hydrogens is 410 g/mol. The first-order valence-corrected chi connectivity index (χ1v) is 14.8. The molecule has 6 atom stereocenters. The van der Waals surface area contributed by atoms with E-state index >= 15 is 0 Å². The summed E-state index contributed by atoms with van der Waals surface area (Å²) < 4.78 is 0. The van der Waals surface area contributed by atoms with E-state index in [1.165, 1.54) is 88.2 Å². The van der Waals surface area contributed by atoms with Crippen molar-refractivity contribution >= 4 is 0 Å². The fraction of sp³-hybridized carbons (Fsp3) is 0.788. The Morgan fingerprint density at radius 1 is 1.03 bits per heavy atom. The molecule has 1 fully saturated rings. The Hall–Kier alpha value is -1.04. The summed E-state index contributed by atoms with van der Waals surface area (Å²) in [6.07, 6.45) is 25.0. The Morgan fingerprint density at radius 3 is 2.29 bits per heavy atom. The van der Waals surface area contributed by atoms with E-state index in [1.807, 2.05) is 0 Å². The minimum Gasteiger partial charge on any atom is -0.324 e. The molecule has 196 valence electrons. The average molecular weight is 470 g/mol. The third-order valence-electron chi connectivity index (χ3n) is 8.35. The third-order valence-corrected chi connectivity index (χ3v) is 8.35. The molecule has 1 nitrogen and oxygen atoms in total. The number of hydrogen-bond acceptors (Lipinski definition) is 1. The molecule has 1 saturated carbocycles. The minimum atomic E-state index is 0.203. The standard InChI is InChI=1S/C33H59N/c1-8-18-27(5)33-25-28(6)32(33)24-26(4)20-14-11-12-15-21-30(10-3)22-16-13-17-23-31(19-9-2)29(7)34/h14,19-20,26-29,32-33H,3,8-9,11-13,15-18,21-25,34H2,1-2,4-7H3. The Labute approximate surface area is 214 Å². The van der Waals surface area contributed by atoms with Crippen LogP contribution >= 0.6 is 0 Å². The van der Waals surface area contributed by atoms with E-state index in [2.05, 4.69) is 72.1 Å². The van der Waals surface area contributed by atoms with Crippen molar-refractivity contribution in [3.63, 3.8) is 0 Å². The van der Waals surface area contributed by atoms with Crippen molar-refractivity contribution in [1.29, 1.82) is 0 Å². The number of hydrogen-bond donors (Lipinski definition) is 1. The number of nitrogens with two attached hydrogens (primary N) is 1. The van der Waals surface area contributed by atoms with Gasteiger partial charge in [-0.05, 0) is 113 Å². The van der Waals surface area contributed by atoms with Gasteiger partial charge in [-0.1, -0.05) is 84.3 Å². The SMILES string of the molecule is C=C=C(CCCCC=CC(C)CC1C(C)CC1C(C)CCC)CCCCCC(=CCC)C(C)N. The first kappa shape index (κ1) is 31.0. The van der Waals surface area contributed by atoms with E-state index in [4.69, 9.17) is 5.73 Å². The van der Waals surface area contributed by atoms with Crippen LogP contribution in [0.4, 0.5) is 0 Å². The average Bonchev–Trinajstić information content (AvgIpc) is 2.80. The van der Waals surface area contributed by atoms with Gasteiger partial charge in [-0.3, -0.25) is 0 Å². The van der Waals surface area contributed by atoms with Gasteiger partial charge in [0.05, 0.1) is 0 Å². The molecule has 2 N–H and O–H groups in total. The monoisotopic (exact) mass is 469 g/mol. The molecule has 0 saturated heterocycles. The number of unbranched alkanes of at least 4 members (excludes halogenated alkanes) is 4. The Morgan fingerprint density at radius 2 is 1.71 bits per heavy atom. The summed E-state index contributed by atoms with van der Waals surface area (Å²) in [6.45, 7) is 18.0. The Bertz CT molecular complexity index is 633. The zero-order valence-electron chi connectivity index (χ0n) is 23.9. The van der Waals surface area contributed by atoms with Crippen molar-refractivity contribution in [3.8, 4) is 0 Å². The molecule has 1 aliphatic carbocycles. The van der Waals surface area contributed by atoms with Gasteiger partial charge >= 0.3 is 0 Å². The first-order valence-electron chi connectivity index (χ1n) is 14.8. The predicted molar refractivity (Wildman–Crippen MR) is 154 cm³/mol. The summed E-state index contributed by atoms with van der Waals surface area (Å²) in [4.78, 5) is 0. The molecular formula is C33H59N. The Kier molecular flexibility index (Phi) is 16.6. The number of rotatable bonds is 19. The zero-order chi connectivity index (χ0) is 25.3. The summed E-state index contributed by atoms with van der Waals surface area (Å²) in [7, 11) is 0. The van der Waals surface area contributed by atoms with Crippen LogP contribution in [0.25, 0.3) is 0 Å². The lowest BCUT2D eigenvalue weighted by atomic mass is 9.58. The molecule has 0 aromatic heterocycles. The summed E-state index contributed by atoms with van der Waals surface area (Å²) >= 11 is 0. The highest BCUT2D eigenvalue weighted by Crippen LogP contribution is 2.48. The third kappa shape index (κ3) is 12.1. The van der Waals surface area contributed by atoms with Crippen molar-refractivity contribution in [2.45, 2.75) is 137 Å². The van der Waals surface area contributed by atoms with Crippen LogP contribution in [-0.2, 0) is 0 Å². The molecule has 1 heteroatoms. The van der Waals surface area contributed by atoms with Gasteiger partial charge in [-0.2, -0.15) is 0 Å². The Balaban J connectivity index is 2.17. The van der Waals surface area contributed by atoms with Gasteiger partial charge in [-0.15, -0.1) is 5.73 Å². The largest absolute Gasteiger partial charge is 0.324 e. The molecule has 1 rings (SSSR count). The predicted octanol–water partition coefficient (Wildman–Crippen LogP) is 10.2. The topological polar surface area (TPSA) is 26.0 Å². The van der Waals surface area contributed by atoms with E-state index in [0.29, 0.717) is 0 Å². The smallest absolute Gasteiger partial charge is 0.0224 e. The van der Waals surface area contributed by atoms with Gasteiger partial charge in [0, 0.05) is 6.04 Å². The van der Waals surface area contributed by atoms with E-state index < -0.39 is 0 Å². The first-order chi connectivity index (χ1) is 16.3. The number of allylic oxidation sites excluding steroid dienone is 4. The molecule has 34 heavy (non-hydrogen) atoms. The molecule has 6 unspecified atom stereocenters. The molecule has 0 aliphatic heterocycles. The molecule has 0 aromatic carbocycles. The van der Waals surface area contributed by atoms with E-state index in [9.17, 15) is 0 Å². The summed E-state index contributed by atoms with van der Waals surface area (Å²) in [5, 5.41) is 0. The van der Waals surface area contributed by atoms with Crippen LogP contribution in [0.15, 0.2) is 41.7 Å². The van der Waals surface area contributed by atoms with Gasteiger partial charge in [0.1, 0.15) is 0 Å². The molecule has 1 aliphatic rings. The minimum absolute atomic E-state index is 0.203. The zero-order valence-corrected chi connectivity index (χ0v) is 23.9. The second kappa shape index (κ2) is 18.3. The molecule has 0 aromatic rings. The van der Waals surface area contributed by atoms with Crippen molar-refractivity contribution in [2.24, 2.45) is 35.3 Å². The van der Waals surface area contributed by atoms with Crippen LogP contribution in [-0.4, -0.2) is 6.04 Å². The molecule has 0 heterocycles. The van der Waals surface area contributed by atoms with Crippen molar-refractivity contribution in [2.75, 3.05) is 0 Å². The normalized spacial score (nSPS) is 23.4. The fourth-order valence-corrected chi connectivity index (χ4v) is 6.10. The van der Waals surface area contributed by atoms with Gasteiger partial charge < -0.3 is 5.73 Å². The van der Waals surface area contributed by atoms with Gasteiger partial charge in [0.25, 0.3) is 0 Å². The van der Waals surface area contributed by atoms with Crippen molar-refractivity contribution in [1.82, 2.24) is 0 Å². The van der Waals surface area contributed by atoms with Crippen LogP contribution in [0.5, 0.6) is 0 Å². The van der Waals surface area contributed by atoms with E-state index in [0.717, 1.165) is 42.4 Å². The highest BCUT2D eigenvalue weighted by Gasteiger charge is 2.40. The molecule has 0 radical (unpaired) electrons. The lowest BCUT2D eigenvalue weighted by Gasteiger charge is -2.47.